The van der Waals surface area contributed by atoms with Crippen molar-refractivity contribution >= 4 is 5.91 Å². The van der Waals surface area contributed by atoms with Crippen LogP contribution in [0.3, 0.4) is 0 Å². The van der Waals surface area contributed by atoms with Crippen molar-refractivity contribution in [3.63, 3.8) is 0 Å². The van der Waals surface area contributed by atoms with E-state index in [9.17, 15) is 4.79 Å². The quantitative estimate of drug-likeness (QED) is 0.276. The molecular formula is C10H22N2O. The van der Waals surface area contributed by atoms with Crippen LogP contribution >= 0.6 is 0 Å². The smallest absolute Gasteiger partial charge is 0.236 e. The average Bonchev–Trinajstić information content (AvgIpc) is 2.16. The third kappa shape index (κ3) is 5.64. The Hall–Kier alpha value is -0.570. The summed E-state index contributed by atoms with van der Waals surface area (Å²) in [5.41, 5.74) is 2.24. The predicted molar refractivity (Wildman–Crippen MR) is 54.9 cm³/mol. The molecule has 0 saturated heterocycles. The first-order valence-electron chi connectivity index (χ1n) is 5.26. The maximum Gasteiger partial charge on any atom is 0.236 e. The molecule has 0 saturated carbocycles. The molecule has 1 atom stereocenters. The molecule has 0 spiro atoms. The second kappa shape index (κ2) is 8.05. The van der Waals surface area contributed by atoms with Crippen molar-refractivity contribution in [1.29, 1.82) is 0 Å². The minimum atomic E-state index is -0.00190. The number of carbonyl (C=O) groups excluding carboxylic acids is 1. The summed E-state index contributed by atoms with van der Waals surface area (Å²) in [6.45, 7) is 4.26. The van der Waals surface area contributed by atoms with Gasteiger partial charge >= 0.3 is 0 Å². The van der Waals surface area contributed by atoms with E-state index in [0.29, 0.717) is 0 Å². The number of rotatable bonds is 7. The Morgan fingerprint density at radius 3 is 2.38 bits per heavy atom. The molecule has 0 aliphatic heterocycles. The molecule has 0 radical (unpaired) electrons. The number of nitrogens with one attached hydrogen (secondary N) is 1. The average molecular weight is 186 g/mol. The van der Waals surface area contributed by atoms with Gasteiger partial charge in [0.2, 0.25) is 5.91 Å². The normalized spacial score (nSPS) is 12.5. The molecule has 0 fully saturated rings. The third-order valence-corrected chi connectivity index (χ3v) is 2.31. The summed E-state index contributed by atoms with van der Waals surface area (Å²) < 4.78 is 0. The van der Waals surface area contributed by atoms with E-state index >= 15 is 0 Å². The van der Waals surface area contributed by atoms with E-state index in [1.54, 1.807) is 0 Å². The van der Waals surface area contributed by atoms with Gasteiger partial charge in [-0.2, -0.15) is 0 Å². The number of hydrazine groups is 1. The molecule has 3 nitrogen and oxygen atoms in total. The SMILES string of the molecule is CCCCCC(CCC)C(=O)NN. The molecule has 0 aliphatic carbocycles. The van der Waals surface area contributed by atoms with Crippen LogP contribution < -0.4 is 11.3 Å². The highest BCUT2D eigenvalue weighted by Gasteiger charge is 2.15. The summed E-state index contributed by atoms with van der Waals surface area (Å²) in [5.74, 6) is 5.23. The van der Waals surface area contributed by atoms with Gasteiger partial charge in [-0.05, 0) is 12.8 Å². The number of amides is 1. The highest BCUT2D eigenvalue weighted by atomic mass is 16.2. The second-order valence-electron chi connectivity index (χ2n) is 3.49. The third-order valence-electron chi connectivity index (χ3n) is 2.31. The number of unbranched alkanes of at least 4 members (excludes halogenated alkanes) is 2. The fourth-order valence-electron chi connectivity index (χ4n) is 1.51. The Labute approximate surface area is 81.0 Å². The van der Waals surface area contributed by atoms with Crippen LogP contribution in [-0.2, 0) is 4.79 Å². The fourth-order valence-corrected chi connectivity index (χ4v) is 1.51. The van der Waals surface area contributed by atoms with Crippen LogP contribution in [0.1, 0.15) is 52.4 Å². The van der Waals surface area contributed by atoms with Gasteiger partial charge in [-0.1, -0.05) is 39.5 Å². The van der Waals surface area contributed by atoms with Crippen molar-refractivity contribution in [3.05, 3.63) is 0 Å². The summed E-state index contributed by atoms with van der Waals surface area (Å²) in [6.07, 6.45) is 6.51. The van der Waals surface area contributed by atoms with E-state index in [4.69, 9.17) is 5.84 Å². The van der Waals surface area contributed by atoms with Crippen LogP contribution in [0.15, 0.2) is 0 Å². The van der Waals surface area contributed by atoms with E-state index in [-0.39, 0.29) is 11.8 Å². The largest absolute Gasteiger partial charge is 0.294 e. The van der Waals surface area contributed by atoms with Gasteiger partial charge < -0.3 is 0 Å². The van der Waals surface area contributed by atoms with Crippen molar-refractivity contribution in [1.82, 2.24) is 5.43 Å². The van der Waals surface area contributed by atoms with Crippen molar-refractivity contribution in [3.8, 4) is 0 Å². The van der Waals surface area contributed by atoms with Gasteiger partial charge in [-0.3, -0.25) is 10.2 Å². The van der Waals surface area contributed by atoms with E-state index in [1.807, 2.05) is 0 Å². The Kier molecular flexibility index (Phi) is 7.69. The minimum Gasteiger partial charge on any atom is -0.294 e. The first-order valence-corrected chi connectivity index (χ1v) is 5.26. The van der Waals surface area contributed by atoms with Crippen LogP contribution in [0.5, 0.6) is 0 Å². The Bertz CT molecular complexity index is 137. The molecule has 0 aromatic carbocycles. The number of hydrogen-bond acceptors (Lipinski definition) is 2. The molecule has 3 N–H and O–H groups in total. The van der Waals surface area contributed by atoms with Gasteiger partial charge in [0.15, 0.2) is 0 Å². The van der Waals surface area contributed by atoms with Gasteiger partial charge in [0.05, 0.1) is 0 Å². The maximum absolute atomic E-state index is 11.3. The first-order chi connectivity index (χ1) is 6.26. The second-order valence-corrected chi connectivity index (χ2v) is 3.49. The minimum absolute atomic E-state index is 0.00190. The first kappa shape index (κ1) is 12.4. The fraction of sp³-hybridized carbons (Fsp3) is 0.900. The molecule has 0 aliphatic rings. The van der Waals surface area contributed by atoms with Crippen LogP contribution in [0.25, 0.3) is 0 Å². The van der Waals surface area contributed by atoms with E-state index in [2.05, 4.69) is 19.3 Å². The Balaban J connectivity index is 3.73. The van der Waals surface area contributed by atoms with Crippen LogP contribution in [-0.4, -0.2) is 5.91 Å². The Morgan fingerprint density at radius 1 is 1.23 bits per heavy atom. The highest BCUT2D eigenvalue weighted by molar-refractivity contribution is 5.77. The zero-order valence-corrected chi connectivity index (χ0v) is 8.81. The van der Waals surface area contributed by atoms with Crippen LogP contribution in [0.4, 0.5) is 0 Å². The van der Waals surface area contributed by atoms with Gasteiger partial charge in [0.1, 0.15) is 0 Å². The number of nitrogens with two attached hydrogens (primary N) is 1. The zero-order valence-electron chi connectivity index (χ0n) is 8.81. The molecule has 1 amide bonds. The van der Waals surface area contributed by atoms with Crippen LogP contribution in [0, 0.1) is 5.92 Å². The lowest BCUT2D eigenvalue weighted by Crippen LogP contribution is -2.35. The molecule has 0 aromatic rings. The topological polar surface area (TPSA) is 55.1 Å². The summed E-state index contributed by atoms with van der Waals surface area (Å²) >= 11 is 0. The van der Waals surface area contributed by atoms with Gasteiger partial charge in [-0.25, -0.2) is 5.84 Å². The van der Waals surface area contributed by atoms with Crippen molar-refractivity contribution in [2.75, 3.05) is 0 Å². The monoisotopic (exact) mass is 186 g/mol. The lowest BCUT2D eigenvalue weighted by atomic mass is 9.96. The lowest BCUT2D eigenvalue weighted by Gasteiger charge is -2.13. The molecule has 0 heterocycles. The molecule has 1 unspecified atom stereocenters. The van der Waals surface area contributed by atoms with Crippen molar-refractivity contribution in [2.45, 2.75) is 52.4 Å². The van der Waals surface area contributed by atoms with E-state index < -0.39 is 0 Å². The van der Waals surface area contributed by atoms with Gasteiger partial charge in [-0.15, -0.1) is 0 Å². The molecular weight excluding hydrogens is 164 g/mol. The zero-order chi connectivity index (χ0) is 10.1. The lowest BCUT2D eigenvalue weighted by molar-refractivity contribution is -0.125. The van der Waals surface area contributed by atoms with Crippen LogP contribution in [0.2, 0.25) is 0 Å². The molecule has 3 heteroatoms. The van der Waals surface area contributed by atoms with E-state index in [1.165, 1.54) is 12.8 Å². The Morgan fingerprint density at radius 2 is 1.92 bits per heavy atom. The molecule has 0 aromatic heterocycles. The predicted octanol–water partition coefficient (Wildman–Crippen LogP) is 1.97. The summed E-state index contributed by atoms with van der Waals surface area (Å²) in [5, 5.41) is 0. The molecule has 13 heavy (non-hydrogen) atoms. The highest BCUT2D eigenvalue weighted by Crippen LogP contribution is 2.15. The van der Waals surface area contributed by atoms with E-state index in [0.717, 1.165) is 25.7 Å². The summed E-state index contributed by atoms with van der Waals surface area (Å²) in [6, 6.07) is 0. The maximum atomic E-state index is 11.3. The summed E-state index contributed by atoms with van der Waals surface area (Å²) in [7, 11) is 0. The molecule has 0 rings (SSSR count). The standard InChI is InChI=1S/C10H22N2O/c1-3-5-6-8-9(7-4-2)10(13)12-11/h9H,3-8,11H2,1-2H3,(H,12,13). The van der Waals surface area contributed by atoms with Gasteiger partial charge in [0.25, 0.3) is 0 Å². The number of hydrogen-bond donors (Lipinski definition) is 2. The molecule has 78 valence electrons. The number of carbonyl (C=O) groups is 1. The van der Waals surface area contributed by atoms with Crippen molar-refractivity contribution in [2.24, 2.45) is 11.8 Å². The van der Waals surface area contributed by atoms with Crippen molar-refractivity contribution < 1.29 is 4.79 Å². The van der Waals surface area contributed by atoms with Gasteiger partial charge in [0, 0.05) is 5.92 Å². The summed E-state index contributed by atoms with van der Waals surface area (Å²) in [4.78, 5) is 11.3. The molecule has 0 bridgehead atoms.